The fourth-order valence-corrected chi connectivity index (χ4v) is 0.230. The average Bonchev–Trinajstić information content (AvgIpc) is 1.65. The summed E-state index contributed by atoms with van der Waals surface area (Å²) in [6.07, 6.45) is 0. The van der Waals surface area contributed by atoms with E-state index in [4.69, 9.17) is 11.6 Å². The van der Waals surface area contributed by atoms with Crippen LogP contribution in [-0.4, -0.2) is 5.78 Å². The summed E-state index contributed by atoms with van der Waals surface area (Å²) in [5, 5.41) is 0. The van der Waals surface area contributed by atoms with Crippen molar-refractivity contribution in [2.75, 3.05) is 0 Å². The predicted molar refractivity (Wildman–Crippen MR) is 33.5 cm³/mol. The molecule has 0 saturated carbocycles. The smallest absolute Gasteiger partial charge is 0.167 e. The van der Waals surface area contributed by atoms with Gasteiger partial charge in [0, 0.05) is 5.54 Å². The highest BCUT2D eigenvalue weighted by Gasteiger charge is 1.93. The minimum absolute atomic E-state index is 0.0602. The lowest BCUT2D eigenvalue weighted by Gasteiger charge is -1.81. The van der Waals surface area contributed by atoms with Crippen LogP contribution in [-0.2, 0) is 4.79 Å². The molecule has 0 aliphatic heterocycles. The Morgan fingerprint density at radius 3 is 2.29 bits per heavy atom. The van der Waals surface area contributed by atoms with Crippen molar-refractivity contribution in [3.05, 3.63) is 10.0 Å². The number of carbonyl (C=O) groups excluding carboxylic acids is 1. The van der Waals surface area contributed by atoms with Crippen LogP contribution < -0.4 is 0 Å². The van der Waals surface area contributed by atoms with Crippen molar-refractivity contribution in [1.82, 2.24) is 0 Å². The normalized spacial score (nSPS) is 11.6. The Balaban J connectivity index is 3.82. The molecule has 0 aromatic carbocycles. The predicted octanol–water partition coefficient (Wildman–Crippen LogP) is 2.05. The number of halogens is 2. The Bertz CT molecular complexity index is 108. The van der Waals surface area contributed by atoms with Crippen LogP contribution in [0, 0.1) is 0 Å². The van der Waals surface area contributed by atoms with Crippen LogP contribution in [0.5, 0.6) is 0 Å². The Kier molecular flexibility index (Phi) is 3.30. The van der Waals surface area contributed by atoms with Gasteiger partial charge in [0.15, 0.2) is 5.78 Å². The zero-order valence-electron chi connectivity index (χ0n) is 3.74. The number of allylic oxidation sites excluding steroid dienone is 1. The molecule has 0 amide bonds. The zero-order chi connectivity index (χ0) is 5.86. The first-order chi connectivity index (χ1) is 3.18. The first kappa shape index (κ1) is 7.18. The summed E-state index contributed by atoms with van der Waals surface area (Å²) in [5.41, 5.74) is 1.20. The molecule has 7 heavy (non-hydrogen) atoms. The van der Waals surface area contributed by atoms with Crippen LogP contribution in [0.1, 0.15) is 6.92 Å². The molecule has 0 heterocycles. The van der Waals surface area contributed by atoms with E-state index in [0.29, 0.717) is 4.48 Å². The molecule has 40 valence electrons. The number of hydrogen-bond acceptors (Lipinski definition) is 1. The van der Waals surface area contributed by atoms with Gasteiger partial charge >= 0.3 is 0 Å². The second-order valence-corrected chi connectivity index (χ2v) is 2.09. The molecule has 0 unspecified atom stereocenters. The van der Waals surface area contributed by atoms with Gasteiger partial charge in [0.2, 0.25) is 0 Å². The summed E-state index contributed by atoms with van der Waals surface area (Å²) in [4.78, 5) is 10.2. The van der Waals surface area contributed by atoms with Gasteiger partial charge in [-0.25, -0.2) is 0 Å². The number of carbonyl (C=O) groups is 1. The maximum absolute atomic E-state index is 10.2. The van der Waals surface area contributed by atoms with Crippen molar-refractivity contribution >= 4 is 33.3 Å². The van der Waals surface area contributed by atoms with Gasteiger partial charge in [0.05, 0.1) is 4.48 Å². The van der Waals surface area contributed by atoms with Gasteiger partial charge < -0.3 is 0 Å². The fourth-order valence-electron chi connectivity index (χ4n) is 0.0768. The van der Waals surface area contributed by atoms with E-state index in [1.165, 1.54) is 12.5 Å². The molecule has 0 atom stereocenters. The van der Waals surface area contributed by atoms with Crippen LogP contribution in [0.15, 0.2) is 10.0 Å². The van der Waals surface area contributed by atoms with Gasteiger partial charge in [0.25, 0.3) is 0 Å². The van der Waals surface area contributed by atoms with E-state index in [2.05, 4.69) is 15.9 Å². The lowest BCUT2D eigenvalue weighted by molar-refractivity contribution is -0.112. The first-order valence-corrected chi connectivity index (χ1v) is 2.88. The van der Waals surface area contributed by atoms with Crippen LogP contribution in [0.25, 0.3) is 0 Å². The lowest BCUT2D eigenvalue weighted by atomic mass is 10.5. The number of ketones is 1. The quantitative estimate of drug-likeness (QED) is 0.569. The summed E-state index contributed by atoms with van der Waals surface area (Å²) < 4.78 is 0.411. The molecule has 0 aromatic heterocycles. The van der Waals surface area contributed by atoms with E-state index in [1.54, 1.807) is 0 Å². The monoisotopic (exact) mass is 182 g/mol. The third-order valence-electron chi connectivity index (χ3n) is 0.432. The van der Waals surface area contributed by atoms with Crippen molar-refractivity contribution in [3.63, 3.8) is 0 Å². The van der Waals surface area contributed by atoms with E-state index in [0.717, 1.165) is 0 Å². The summed E-state index contributed by atoms with van der Waals surface area (Å²) in [6.45, 7) is 1.43. The second-order valence-electron chi connectivity index (χ2n) is 1.01. The summed E-state index contributed by atoms with van der Waals surface area (Å²) in [6, 6.07) is 0. The second kappa shape index (κ2) is 3.22. The molecule has 0 spiro atoms. The van der Waals surface area contributed by atoms with Gasteiger partial charge in [-0.15, -0.1) is 0 Å². The Labute approximate surface area is 55.5 Å². The zero-order valence-corrected chi connectivity index (χ0v) is 6.08. The number of rotatable bonds is 1. The standard InChI is InChI=1S/C4H4BrClO/c1-3(7)4(5)2-6/h2H,1H3/b4-2+. The van der Waals surface area contributed by atoms with Gasteiger partial charge in [-0.1, -0.05) is 11.6 Å². The molecular weight excluding hydrogens is 179 g/mol. The fraction of sp³-hybridized carbons (Fsp3) is 0.250. The van der Waals surface area contributed by atoms with Gasteiger partial charge in [-0.05, 0) is 22.9 Å². The Morgan fingerprint density at radius 1 is 1.86 bits per heavy atom. The highest BCUT2D eigenvalue weighted by molar-refractivity contribution is 9.12. The van der Waals surface area contributed by atoms with Crippen molar-refractivity contribution in [2.45, 2.75) is 6.92 Å². The minimum Gasteiger partial charge on any atom is -0.294 e. The maximum atomic E-state index is 10.2. The van der Waals surface area contributed by atoms with Crippen molar-refractivity contribution in [3.8, 4) is 0 Å². The van der Waals surface area contributed by atoms with Crippen LogP contribution in [0.3, 0.4) is 0 Å². The average molecular weight is 183 g/mol. The lowest BCUT2D eigenvalue weighted by Crippen LogP contribution is -1.84. The SMILES string of the molecule is CC(=O)/C(Br)=C\Cl. The maximum Gasteiger partial charge on any atom is 0.167 e. The molecular formula is C4H4BrClO. The molecule has 0 fully saturated rings. The molecule has 0 N–H and O–H groups in total. The van der Waals surface area contributed by atoms with Gasteiger partial charge in [0.1, 0.15) is 0 Å². The molecule has 0 bridgehead atoms. The molecule has 1 nitrogen and oxygen atoms in total. The van der Waals surface area contributed by atoms with E-state index in [-0.39, 0.29) is 5.78 Å². The van der Waals surface area contributed by atoms with E-state index < -0.39 is 0 Å². The third kappa shape index (κ3) is 2.83. The molecule has 0 aromatic rings. The summed E-state index contributed by atoms with van der Waals surface area (Å²) >= 11 is 8.04. The van der Waals surface area contributed by atoms with E-state index >= 15 is 0 Å². The molecule has 0 rings (SSSR count). The Morgan fingerprint density at radius 2 is 2.29 bits per heavy atom. The largest absolute Gasteiger partial charge is 0.294 e. The van der Waals surface area contributed by atoms with Crippen molar-refractivity contribution in [1.29, 1.82) is 0 Å². The highest BCUT2D eigenvalue weighted by Crippen LogP contribution is 2.05. The van der Waals surface area contributed by atoms with Crippen molar-refractivity contribution < 1.29 is 4.79 Å². The molecule has 3 heteroatoms. The highest BCUT2D eigenvalue weighted by atomic mass is 79.9. The number of Topliss-reactive ketones (excluding diaryl/α,β-unsaturated/α-hetero) is 1. The molecule has 0 aliphatic rings. The van der Waals surface area contributed by atoms with Gasteiger partial charge in [-0.2, -0.15) is 0 Å². The Hall–Kier alpha value is 0.180. The van der Waals surface area contributed by atoms with Crippen LogP contribution >= 0.6 is 27.5 Å². The van der Waals surface area contributed by atoms with E-state index in [9.17, 15) is 4.79 Å². The minimum atomic E-state index is -0.0602. The molecule has 0 saturated heterocycles. The third-order valence-corrected chi connectivity index (χ3v) is 1.70. The molecule has 0 radical (unpaired) electrons. The van der Waals surface area contributed by atoms with Crippen LogP contribution in [0.4, 0.5) is 0 Å². The topological polar surface area (TPSA) is 17.1 Å². The summed E-state index contributed by atoms with van der Waals surface area (Å²) in [7, 11) is 0. The van der Waals surface area contributed by atoms with Crippen molar-refractivity contribution in [2.24, 2.45) is 0 Å². The first-order valence-electron chi connectivity index (χ1n) is 1.65. The van der Waals surface area contributed by atoms with E-state index in [1.807, 2.05) is 0 Å². The van der Waals surface area contributed by atoms with Crippen LogP contribution in [0.2, 0.25) is 0 Å². The number of hydrogen-bond donors (Lipinski definition) is 0. The summed E-state index contributed by atoms with van der Waals surface area (Å²) in [5.74, 6) is -0.0602. The molecule has 0 aliphatic carbocycles. The van der Waals surface area contributed by atoms with Gasteiger partial charge in [-0.3, -0.25) is 4.79 Å².